The molecule has 2 rings (SSSR count). The number of aryl methyl sites for hydroxylation is 2. The highest BCUT2D eigenvalue weighted by Crippen LogP contribution is 2.28. The molecule has 0 saturated carbocycles. The van der Waals surface area contributed by atoms with E-state index >= 15 is 0 Å². The summed E-state index contributed by atoms with van der Waals surface area (Å²) in [6, 6.07) is 4.69. The number of rotatable bonds is 5. The lowest BCUT2D eigenvalue weighted by molar-refractivity contribution is -0.136. The van der Waals surface area contributed by atoms with E-state index in [1.807, 2.05) is 0 Å². The third kappa shape index (κ3) is 5.83. The molecular formula is C18H21F2O7S-. The van der Waals surface area contributed by atoms with Crippen LogP contribution in [-0.4, -0.2) is 43.4 Å². The normalized spacial score (nSPS) is 14.2. The second-order valence-electron chi connectivity index (χ2n) is 6.17. The Morgan fingerprint density at radius 3 is 2.29 bits per heavy atom. The summed E-state index contributed by atoms with van der Waals surface area (Å²) in [6.07, 6.45) is 0.280. The third-order valence-electron chi connectivity index (χ3n) is 3.96. The van der Waals surface area contributed by atoms with Gasteiger partial charge in [0.1, 0.15) is 0 Å². The topological polar surface area (TPSA) is 110 Å². The maximum atomic E-state index is 13.2. The summed E-state index contributed by atoms with van der Waals surface area (Å²) in [6.45, 7) is 5.62. The summed E-state index contributed by atoms with van der Waals surface area (Å²) in [5, 5.41) is -4.67. The van der Waals surface area contributed by atoms with E-state index in [4.69, 9.17) is 0 Å². The van der Waals surface area contributed by atoms with Gasteiger partial charge >= 0.3 is 17.2 Å². The average molecular weight is 419 g/mol. The first-order valence-corrected chi connectivity index (χ1v) is 9.62. The van der Waals surface area contributed by atoms with Crippen LogP contribution in [0, 0.1) is 0 Å². The van der Waals surface area contributed by atoms with Crippen molar-refractivity contribution in [2.75, 3.05) is 7.11 Å². The lowest BCUT2D eigenvalue weighted by atomic mass is 10.1. The highest BCUT2D eigenvalue weighted by Gasteiger charge is 2.46. The van der Waals surface area contributed by atoms with Gasteiger partial charge in [0.2, 0.25) is 0 Å². The number of ether oxygens (including phenoxy) is 2. The number of esters is 2. The Kier molecular flexibility index (Phi) is 7.83. The fraction of sp³-hybridized carbons (Fsp3) is 0.444. The number of halogens is 2. The number of methoxy groups -OCH3 is 1. The van der Waals surface area contributed by atoms with E-state index in [1.54, 1.807) is 19.1 Å². The van der Waals surface area contributed by atoms with Crippen molar-refractivity contribution in [3.63, 3.8) is 0 Å². The van der Waals surface area contributed by atoms with E-state index in [0.29, 0.717) is 12.5 Å². The van der Waals surface area contributed by atoms with E-state index in [1.165, 1.54) is 13.2 Å². The van der Waals surface area contributed by atoms with Crippen molar-refractivity contribution < 1.29 is 40.8 Å². The van der Waals surface area contributed by atoms with E-state index in [2.05, 4.69) is 16.1 Å². The largest absolute Gasteiger partial charge is 0.743 e. The number of benzene rings is 1. The van der Waals surface area contributed by atoms with Crippen LogP contribution in [-0.2, 0) is 37.2 Å². The average Bonchev–Trinajstić information content (AvgIpc) is 3.07. The highest BCUT2D eigenvalue weighted by molar-refractivity contribution is 7.86. The summed E-state index contributed by atoms with van der Waals surface area (Å²) in [5.41, 5.74) is 2.52. The summed E-state index contributed by atoms with van der Waals surface area (Å²) in [7, 11) is -4.57. The molecule has 0 aliphatic heterocycles. The molecule has 0 aromatic heterocycles. The standard InChI is InChI=1S/C13H14F2O5S.C5H8O2/c1-8(13(14,15)21(17,18)19)20-12(16)11-6-5-9-3-2-4-10(9)7-11;1-4(2)5(6)7-3/h5-8H,2-4H2,1H3,(H,17,18,19);1H2,2-3H3/p-1. The Balaban J connectivity index is 0.000000480. The predicted molar refractivity (Wildman–Crippen MR) is 94.8 cm³/mol. The number of hydrogen-bond donors (Lipinski definition) is 0. The van der Waals surface area contributed by atoms with Gasteiger partial charge in [0.15, 0.2) is 16.2 Å². The first kappa shape index (κ1) is 23.7. The van der Waals surface area contributed by atoms with E-state index in [0.717, 1.165) is 30.4 Å². The Morgan fingerprint density at radius 1 is 1.25 bits per heavy atom. The molecule has 0 spiro atoms. The van der Waals surface area contributed by atoms with Crippen LogP contribution in [0.15, 0.2) is 30.4 Å². The lowest BCUT2D eigenvalue weighted by Crippen LogP contribution is -2.42. The van der Waals surface area contributed by atoms with Gasteiger partial charge in [-0.1, -0.05) is 12.6 Å². The maximum Gasteiger partial charge on any atom is 0.370 e. The smallest absolute Gasteiger partial charge is 0.370 e. The Morgan fingerprint density at radius 2 is 1.82 bits per heavy atom. The zero-order valence-electron chi connectivity index (χ0n) is 15.7. The van der Waals surface area contributed by atoms with Gasteiger partial charge in [0.25, 0.3) is 0 Å². The maximum absolute atomic E-state index is 13.2. The van der Waals surface area contributed by atoms with Gasteiger partial charge in [-0.2, -0.15) is 8.78 Å². The van der Waals surface area contributed by atoms with Gasteiger partial charge in [-0.05, 0) is 56.4 Å². The van der Waals surface area contributed by atoms with Crippen LogP contribution in [0.25, 0.3) is 0 Å². The molecule has 7 nitrogen and oxygen atoms in total. The summed E-state index contributed by atoms with van der Waals surface area (Å²) < 4.78 is 66.6. The Bertz CT molecular complexity index is 863. The van der Waals surface area contributed by atoms with Crippen LogP contribution in [0.5, 0.6) is 0 Å². The zero-order chi connectivity index (χ0) is 21.7. The molecule has 0 N–H and O–H groups in total. The summed E-state index contributed by atoms with van der Waals surface area (Å²) in [5.74, 6) is -1.43. The molecule has 0 amide bonds. The molecule has 1 atom stereocenters. The number of hydrogen-bond acceptors (Lipinski definition) is 7. The SMILES string of the molecule is C=C(C)C(=O)OC.CC(OC(=O)c1ccc2c(c1)CCC2)C(F)(F)S(=O)(=O)[O-]. The highest BCUT2D eigenvalue weighted by atomic mass is 32.2. The fourth-order valence-electron chi connectivity index (χ4n) is 2.37. The zero-order valence-corrected chi connectivity index (χ0v) is 16.5. The van der Waals surface area contributed by atoms with Crippen LogP contribution in [0.1, 0.15) is 41.8 Å². The van der Waals surface area contributed by atoms with Crippen molar-refractivity contribution in [2.24, 2.45) is 0 Å². The summed E-state index contributed by atoms with van der Waals surface area (Å²) in [4.78, 5) is 22.0. The third-order valence-corrected chi connectivity index (χ3v) is 4.96. The number of alkyl halides is 2. The van der Waals surface area contributed by atoms with Gasteiger partial charge in [0, 0.05) is 5.57 Å². The van der Waals surface area contributed by atoms with Crippen LogP contribution in [0.2, 0.25) is 0 Å². The van der Waals surface area contributed by atoms with Crippen LogP contribution < -0.4 is 0 Å². The van der Waals surface area contributed by atoms with Gasteiger partial charge in [0.05, 0.1) is 12.7 Å². The van der Waals surface area contributed by atoms with Crippen molar-refractivity contribution in [3.8, 4) is 0 Å². The van der Waals surface area contributed by atoms with Gasteiger partial charge < -0.3 is 14.0 Å². The van der Waals surface area contributed by atoms with E-state index in [-0.39, 0.29) is 11.5 Å². The fourth-order valence-corrected chi connectivity index (χ4v) is 2.83. The monoisotopic (exact) mass is 419 g/mol. The molecule has 1 unspecified atom stereocenters. The molecule has 1 aliphatic carbocycles. The van der Waals surface area contributed by atoms with Crippen LogP contribution in [0.4, 0.5) is 8.78 Å². The van der Waals surface area contributed by atoms with Crippen molar-refractivity contribution >= 4 is 22.1 Å². The van der Waals surface area contributed by atoms with Gasteiger partial charge in [-0.25, -0.2) is 18.0 Å². The van der Waals surface area contributed by atoms with E-state index in [9.17, 15) is 31.3 Å². The minimum atomic E-state index is -5.90. The van der Waals surface area contributed by atoms with Crippen molar-refractivity contribution in [3.05, 3.63) is 47.0 Å². The molecule has 0 fully saturated rings. The van der Waals surface area contributed by atoms with Gasteiger partial charge in [-0.3, -0.25) is 0 Å². The number of carbonyl (C=O) groups excluding carboxylic acids is 2. The second kappa shape index (κ2) is 9.24. The van der Waals surface area contributed by atoms with Crippen molar-refractivity contribution in [1.29, 1.82) is 0 Å². The first-order valence-electron chi connectivity index (χ1n) is 8.21. The van der Waals surface area contributed by atoms with Crippen molar-refractivity contribution in [2.45, 2.75) is 44.5 Å². The van der Waals surface area contributed by atoms with Crippen molar-refractivity contribution in [1.82, 2.24) is 0 Å². The number of carbonyl (C=O) groups is 2. The molecule has 1 aliphatic rings. The molecule has 156 valence electrons. The Hall–Kier alpha value is -2.33. The minimum absolute atomic E-state index is 0.0570. The molecule has 0 radical (unpaired) electrons. The number of fused-ring (bicyclic) bond motifs is 1. The van der Waals surface area contributed by atoms with Crippen LogP contribution >= 0.6 is 0 Å². The van der Waals surface area contributed by atoms with Crippen LogP contribution in [0.3, 0.4) is 0 Å². The lowest BCUT2D eigenvalue weighted by Gasteiger charge is -2.25. The molecule has 0 bridgehead atoms. The molecule has 1 aromatic rings. The molecule has 0 heterocycles. The molecule has 0 saturated heterocycles. The first-order chi connectivity index (χ1) is 12.8. The van der Waals surface area contributed by atoms with E-state index < -0.39 is 27.4 Å². The summed E-state index contributed by atoms with van der Waals surface area (Å²) >= 11 is 0. The quantitative estimate of drug-likeness (QED) is 0.410. The second-order valence-corrected chi connectivity index (χ2v) is 7.62. The molecule has 28 heavy (non-hydrogen) atoms. The molecule has 1 aromatic carbocycles. The predicted octanol–water partition coefficient (Wildman–Crippen LogP) is 2.59. The Labute approximate surface area is 162 Å². The minimum Gasteiger partial charge on any atom is -0.743 e. The van der Waals surface area contributed by atoms with Gasteiger partial charge in [-0.15, -0.1) is 0 Å². The molecule has 10 heteroatoms. The molecular weight excluding hydrogens is 398 g/mol.